The fourth-order valence-corrected chi connectivity index (χ4v) is 4.17. The second kappa shape index (κ2) is 10.6. The van der Waals surface area contributed by atoms with Gasteiger partial charge in [0.2, 0.25) is 15.9 Å². The van der Waals surface area contributed by atoms with Crippen LogP contribution >= 0.6 is 12.4 Å². The van der Waals surface area contributed by atoms with Gasteiger partial charge in [-0.3, -0.25) is 4.79 Å². The van der Waals surface area contributed by atoms with Gasteiger partial charge in [0.25, 0.3) is 0 Å². The van der Waals surface area contributed by atoms with Crippen molar-refractivity contribution in [3.8, 4) is 0 Å². The lowest BCUT2D eigenvalue weighted by molar-refractivity contribution is -0.121. The Morgan fingerprint density at radius 2 is 1.89 bits per heavy atom. The summed E-state index contributed by atoms with van der Waals surface area (Å²) in [6, 6.07) is 5.58. The SMILES string of the molecule is CCNC(=O)NC1(C(=O)Nc2cccc(S(=O)(=O)NCCN)c2)CCCC1.Cl. The van der Waals surface area contributed by atoms with Crippen LogP contribution in [0.3, 0.4) is 0 Å². The van der Waals surface area contributed by atoms with Crippen LogP contribution in [0, 0.1) is 0 Å². The van der Waals surface area contributed by atoms with Gasteiger partial charge in [-0.05, 0) is 38.0 Å². The number of halogens is 1. The van der Waals surface area contributed by atoms with Gasteiger partial charge >= 0.3 is 6.03 Å². The number of hydrogen-bond acceptors (Lipinski definition) is 5. The summed E-state index contributed by atoms with van der Waals surface area (Å²) in [5.41, 5.74) is 4.68. The lowest BCUT2D eigenvalue weighted by Gasteiger charge is -2.29. The maximum Gasteiger partial charge on any atom is 0.315 e. The molecule has 0 spiro atoms. The van der Waals surface area contributed by atoms with Crippen molar-refractivity contribution in [1.29, 1.82) is 0 Å². The summed E-state index contributed by atoms with van der Waals surface area (Å²) in [6.45, 7) is 2.56. The van der Waals surface area contributed by atoms with Crippen molar-refractivity contribution in [2.24, 2.45) is 5.73 Å². The zero-order valence-electron chi connectivity index (χ0n) is 15.8. The molecule has 1 aromatic carbocycles. The number of urea groups is 1. The maximum absolute atomic E-state index is 12.9. The minimum atomic E-state index is -3.70. The van der Waals surface area contributed by atoms with E-state index in [0.29, 0.717) is 25.1 Å². The third kappa shape index (κ3) is 6.06. The van der Waals surface area contributed by atoms with E-state index in [0.717, 1.165) is 12.8 Å². The molecule has 0 saturated heterocycles. The standard InChI is InChI=1S/C17H27N5O4S.ClH/c1-2-19-16(24)22-17(8-3-4-9-17)15(23)21-13-6-5-7-14(12-13)27(25,26)20-11-10-18;/h5-7,12,20H,2-4,8-11,18H2,1H3,(H,21,23)(H2,19,22,24);1H. The quantitative estimate of drug-likeness (QED) is 0.414. The normalized spacial score (nSPS) is 15.4. The first-order valence-electron chi connectivity index (χ1n) is 9.00. The second-order valence-corrected chi connectivity index (χ2v) is 8.21. The van der Waals surface area contributed by atoms with Crippen molar-refractivity contribution in [2.45, 2.75) is 43.0 Å². The molecular weight excluding hydrogens is 406 g/mol. The van der Waals surface area contributed by atoms with Gasteiger partial charge < -0.3 is 21.7 Å². The molecule has 1 aliphatic rings. The molecule has 0 aliphatic heterocycles. The van der Waals surface area contributed by atoms with E-state index in [1.165, 1.54) is 12.1 Å². The summed E-state index contributed by atoms with van der Waals surface area (Å²) >= 11 is 0. The molecule has 28 heavy (non-hydrogen) atoms. The molecule has 11 heteroatoms. The molecule has 0 aromatic heterocycles. The van der Waals surface area contributed by atoms with E-state index >= 15 is 0 Å². The minimum absolute atomic E-state index is 0. The Kier molecular flexibility index (Phi) is 9.15. The summed E-state index contributed by atoms with van der Waals surface area (Å²) in [6.07, 6.45) is 2.73. The van der Waals surface area contributed by atoms with E-state index < -0.39 is 21.6 Å². The van der Waals surface area contributed by atoms with Gasteiger partial charge in [0.05, 0.1) is 4.90 Å². The Morgan fingerprint density at radius 1 is 1.21 bits per heavy atom. The fourth-order valence-electron chi connectivity index (χ4n) is 3.08. The second-order valence-electron chi connectivity index (χ2n) is 6.44. The molecule has 0 heterocycles. The van der Waals surface area contributed by atoms with Gasteiger partial charge in [-0.25, -0.2) is 17.9 Å². The molecule has 0 atom stereocenters. The molecule has 0 bridgehead atoms. The first kappa shape index (κ1) is 24.2. The van der Waals surface area contributed by atoms with E-state index in [9.17, 15) is 18.0 Å². The maximum atomic E-state index is 12.9. The number of amides is 3. The number of nitrogens with one attached hydrogen (secondary N) is 4. The number of anilines is 1. The molecule has 1 saturated carbocycles. The van der Waals surface area contributed by atoms with Gasteiger partial charge in [-0.2, -0.15) is 0 Å². The zero-order chi connectivity index (χ0) is 19.9. The number of nitrogens with two attached hydrogens (primary N) is 1. The number of carbonyl (C=O) groups excluding carboxylic acids is 2. The van der Waals surface area contributed by atoms with Gasteiger partial charge in [-0.1, -0.05) is 18.9 Å². The van der Waals surface area contributed by atoms with Crippen molar-refractivity contribution in [3.05, 3.63) is 24.3 Å². The summed E-state index contributed by atoms with van der Waals surface area (Å²) in [5.74, 6) is -0.351. The van der Waals surface area contributed by atoms with Crippen LogP contribution in [-0.4, -0.2) is 45.5 Å². The van der Waals surface area contributed by atoms with E-state index in [2.05, 4.69) is 20.7 Å². The fraction of sp³-hybridized carbons (Fsp3) is 0.529. The molecule has 3 amide bonds. The lowest BCUT2D eigenvalue weighted by Crippen LogP contribution is -2.57. The molecule has 1 fully saturated rings. The van der Waals surface area contributed by atoms with Crippen molar-refractivity contribution in [1.82, 2.24) is 15.4 Å². The first-order valence-corrected chi connectivity index (χ1v) is 10.5. The van der Waals surface area contributed by atoms with Crippen molar-refractivity contribution < 1.29 is 18.0 Å². The highest BCUT2D eigenvalue weighted by Gasteiger charge is 2.42. The van der Waals surface area contributed by atoms with Crippen LogP contribution in [-0.2, 0) is 14.8 Å². The van der Waals surface area contributed by atoms with Gasteiger partial charge in [0.15, 0.2) is 0 Å². The largest absolute Gasteiger partial charge is 0.338 e. The van der Waals surface area contributed by atoms with Crippen LogP contribution in [0.15, 0.2) is 29.2 Å². The van der Waals surface area contributed by atoms with E-state index in [-0.39, 0.29) is 36.3 Å². The van der Waals surface area contributed by atoms with E-state index in [1.807, 2.05) is 0 Å². The van der Waals surface area contributed by atoms with Crippen LogP contribution in [0.5, 0.6) is 0 Å². The molecule has 1 aromatic rings. The predicted molar refractivity (Wildman–Crippen MR) is 110 cm³/mol. The Hall–Kier alpha value is -1.88. The molecule has 6 N–H and O–H groups in total. The highest BCUT2D eigenvalue weighted by molar-refractivity contribution is 7.89. The molecule has 0 unspecified atom stereocenters. The Morgan fingerprint density at radius 3 is 2.50 bits per heavy atom. The van der Waals surface area contributed by atoms with Crippen LogP contribution < -0.4 is 26.4 Å². The minimum Gasteiger partial charge on any atom is -0.338 e. The molecule has 158 valence electrons. The van der Waals surface area contributed by atoms with Crippen molar-refractivity contribution in [2.75, 3.05) is 25.0 Å². The molecule has 1 aliphatic carbocycles. The number of carbonyl (C=O) groups is 2. The summed E-state index contributed by atoms with van der Waals surface area (Å²) in [7, 11) is -3.70. The smallest absolute Gasteiger partial charge is 0.315 e. The highest BCUT2D eigenvalue weighted by atomic mass is 35.5. The molecular formula is C17H28ClN5O4S. The Labute approximate surface area is 171 Å². The first-order chi connectivity index (χ1) is 12.8. The highest BCUT2D eigenvalue weighted by Crippen LogP contribution is 2.31. The number of sulfonamides is 1. The van der Waals surface area contributed by atoms with E-state index in [4.69, 9.17) is 5.73 Å². The predicted octanol–water partition coefficient (Wildman–Crippen LogP) is 0.916. The summed E-state index contributed by atoms with van der Waals surface area (Å²) in [5, 5.41) is 8.16. The average molecular weight is 434 g/mol. The van der Waals surface area contributed by atoms with Crippen LogP contribution in [0.1, 0.15) is 32.6 Å². The third-order valence-corrected chi connectivity index (χ3v) is 5.88. The Balaban J connectivity index is 0.00000392. The average Bonchev–Trinajstić information content (AvgIpc) is 3.10. The number of benzene rings is 1. The van der Waals surface area contributed by atoms with Crippen molar-refractivity contribution in [3.63, 3.8) is 0 Å². The summed E-state index contributed by atoms with van der Waals surface area (Å²) < 4.78 is 26.8. The molecule has 0 radical (unpaired) electrons. The van der Waals surface area contributed by atoms with Crippen LogP contribution in [0.25, 0.3) is 0 Å². The van der Waals surface area contributed by atoms with Gasteiger partial charge in [0.1, 0.15) is 5.54 Å². The monoisotopic (exact) mass is 433 g/mol. The summed E-state index contributed by atoms with van der Waals surface area (Å²) in [4.78, 5) is 24.9. The zero-order valence-corrected chi connectivity index (χ0v) is 17.4. The van der Waals surface area contributed by atoms with E-state index in [1.54, 1.807) is 19.1 Å². The molecule has 2 rings (SSSR count). The van der Waals surface area contributed by atoms with Crippen LogP contribution in [0.4, 0.5) is 10.5 Å². The lowest BCUT2D eigenvalue weighted by atomic mass is 9.96. The van der Waals surface area contributed by atoms with Gasteiger partial charge in [-0.15, -0.1) is 12.4 Å². The third-order valence-electron chi connectivity index (χ3n) is 4.42. The number of rotatable bonds is 8. The van der Waals surface area contributed by atoms with Crippen LogP contribution in [0.2, 0.25) is 0 Å². The topological polar surface area (TPSA) is 142 Å². The van der Waals surface area contributed by atoms with Crippen molar-refractivity contribution >= 4 is 40.1 Å². The van der Waals surface area contributed by atoms with Gasteiger partial charge in [0, 0.05) is 25.3 Å². The number of hydrogen-bond donors (Lipinski definition) is 5. The Bertz CT molecular complexity index is 782. The molecule has 9 nitrogen and oxygen atoms in total.